The van der Waals surface area contributed by atoms with E-state index in [0.29, 0.717) is 44.0 Å². The highest BCUT2D eigenvalue weighted by Crippen LogP contribution is 2.19. The number of benzene rings is 2. The normalized spacial score (nSPS) is 16.1. The first-order chi connectivity index (χ1) is 14.4. The Hall–Kier alpha value is -2.42. The average molecular weight is 433 g/mol. The van der Waals surface area contributed by atoms with Crippen molar-refractivity contribution in [1.29, 1.82) is 0 Å². The van der Waals surface area contributed by atoms with Gasteiger partial charge in [0.05, 0.1) is 31.6 Å². The van der Waals surface area contributed by atoms with Crippen molar-refractivity contribution < 1.29 is 22.7 Å². The molecule has 1 fully saturated rings. The highest BCUT2D eigenvalue weighted by atomic mass is 32.2. The number of carbonyl (C=O) groups is 1. The fourth-order valence-corrected chi connectivity index (χ4v) is 4.76. The highest BCUT2D eigenvalue weighted by Gasteiger charge is 2.24. The third-order valence-electron chi connectivity index (χ3n) is 4.97. The Morgan fingerprint density at radius 1 is 1.10 bits per heavy atom. The predicted molar refractivity (Wildman–Crippen MR) is 115 cm³/mol. The smallest absolute Gasteiger partial charge is 0.251 e. The largest absolute Gasteiger partial charge is 0.494 e. The van der Waals surface area contributed by atoms with Gasteiger partial charge in [0.15, 0.2) is 0 Å². The van der Waals surface area contributed by atoms with Gasteiger partial charge in [-0.25, -0.2) is 8.42 Å². The third kappa shape index (κ3) is 5.81. The summed E-state index contributed by atoms with van der Waals surface area (Å²) in [5.41, 5.74) is 2.11. The molecule has 0 radical (unpaired) electrons. The van der Waals surface area contributed by atoms with Crippen LogP contribution in [0.5, 0.6) is 5.75 Å². The van der Waals surface area contributed by atoms with E-state index in [-0.39, 0.29) is 17.7 Å². The van der Waals surface area contributed by atoms with Crippen LogP contribution in [0.15, 0.2) is 48.5 Å². The first kappa shape index (κ1) is 22.3. The lowest BCUT2D eigenvalue weighted by molar-refractivity contribution is 0.0729. The molecule has 1 saturated heterocycles. The van der Waals surface area contributed by atoms with E-state index in [0.717, 1.165) is 11.3 Å². The summed E-state index contributed by atoms with van der Waals surface area (Å²) in [5, 5.41) is 2.96. The molecule has 1 amide bonds. The van der Waals surface area contributed by atoms with E-state index in [1.807, 2.05) is 38.1 Å². The topological polar surface area (TPSA) is 84.9 Å². The molecule has 1 atom stereocenters. The minimum atomic E-state index is -3.39. The van der Waals surface area contributed by atoms with Gasteiger partial charge in [0.2, 0.25) is 10.0 Å². The van der Waals surface area contributed by atoms with Gasteiger partial charge in [0, 0.05) is 18.7 Å². The number of hydrogen-bond acceptors (Lipinski definition) is 5. The van der Waals surface area contributed by atoms with E-state index in [1.54, 1.807) is 24.3 Å². The lowest BCUT2D eigenvalue weighted by Crippen LogP contribution is -2.41. The predicted octanol–water partition coefficient (Wildman–Crippen LogP) is 2.74. The van der Waals surface area contributed by atoms with Gasteiger partial charge in [-0.05, 0) is 49.2 Å². The van der Waals surface area contributed by atoms with Gasteiger partial charge in [-0.1, -0.05) is 24.3 Å². The van der Waals surface area contributed by atoms with Crippen molar-refractivity contribution in [2.24, 2.45) is 0 Å². The monoisotopic (exact) mass is 432 g/mol. The number of nitrogens with zero attached hydrogens (tertiary/aromatic N) is 1. The molecule has 8 heteroatoms. The Balaban J connectivity index is 1.59. The molecule has 0 spiro atoms. The van der Waals surface area contributed by atoms with E-state index in [2.05, 4.69) is 5.32 Å². The molecule has 30 heavy (non-hydrogen) atoms. The molecule has 2 aromatic rings. The summed E-state index contributed by atoms with van der Waals surface area (Å²) < 4.78 is 37.1. The summed E-state index contributed by atoms with van der Waals surface area (Å²) in [7, 11) is -3.39. The summed E-state index contributed by atoms with van der Waals surface area (Å²) >= 11 is 0. The van der Waals surface area contributed by atoms with E-state index < -0.39 is 10.0 Å². The van der Waals surface area contributed by atoms with Crippen LogP contribution in [0.2, 0.25) is 0 Å². The van der Waals surface area contributed by atoms with E-state index in [1.165, 1.54) is 4.31 Å². The van der Waals surface area contributed by atoms with Crippen molar-refractivity contribution in [3.63, 3.8) is 0 Å². The average Bonchev–Trinajstić information content (AvgIpc) is 2.75. The lowest BCUT2D eigenvalue weighted by Gasteiger charge is -2.26. The van der Waals surface area contributed by atoms with Crippen molar-refractivity contribution in [3.05, 3.63) is 65.2 Å². The maximum Gasteiger partial charge on any atom is 0.251 e. The van der Waals surface area contributed by atoms with Crippen LogP contribution in [0.3, 0.4) is 0 Å². The van der Waals surface area contributed by atoms with Gasteiger partial charge in [0.1, 0.15) is 5.75 Å². The molecule has 3 rings (SSSR count). The van der Waals surface area contributed by atoms with Crippen LogP contribution in [0, 0.1) is 0 Å². The van der Waals surface area contributed by atoms with Crippen molar-refractivity contribution in [2.45, 2.75) is 25.6 Å². The summed E-state index contributed by atoms with van der Waals surface area (Å²) in [5.74, 6) is 0.499. The van der Waals surface area contributed by atoms with E-state index in [4.69, 9.17) is 9.47 Å². The SMILES string of the molecule is CCOc1ccc([C@H](C)NC(=O)c2ccc(CS(=O)(=O)N3CCOCC3)cc2)cc1. The van der Waals surface area contributed by atoms with Crippen molar-refractivity contribution in [1.82, 2.24) is 9.62 Å². The van der Waals surface area contributed by atoms with Gasteiger partial charge >= 0.3 is 0 Å². The molecule has 0 bridgehead atoms. The molecular weight excluding hydrogens is 404 g/mol. The standard InChI is InChI=1S/C22H28N2O5S/c1-3-29-21-10-8-19(9-11-21)17(2)23-22(25)20-6-4-18(5-7-20)16-30(26,27)24-12-14-28-15-13-24/h4-11,17H,3,12-16H2,1-2H3,(H,23,25)/t17-/m0/s1. The van der Waals surface area contributed by atoms with Gasteiger partial charge in [-0.15, -0.1) is 0 Å². The zero-order valence-electron chi connectivity index (χ0n) is 17.3. The Morgan fingerprint density at radius 2 is 1.73 bits per heavy atom. The number of morpholine rings is 1. The molecule has 0 saturated carbocycles. The van der Waals surface area contributed by atoms with Gasteiger partial charge in [-0.2, -0.15) is 4.31 Å². The zero-order valence-corrected chi connectivity index (χ0v) is 18.2. The van der Waals surface area contributed by atoms with Gasteiger partial charge < -0.3 is 14.8 Å². The fraction of sp³-hybridized carbons (Fsp3) is 0.409. The molecule has 162 valence electrons. The number of amides is 1. The fourth-order valence-electron chi connectivity index (χ4n) is 3.26. The van der Waals surface area contributed by atoms with Crippen LogP contribution < -0.4 is 10.1 Å². The maximum absolute atomic E-state index is 12.6. The van der Waals surface area contributed by atoms with E-state index in [9.17, 15) is 13.2 Å². The second-order valence-electron chi connectivity index (χ2n) is 7.16. The number of hydrogen-bond donors (Lipinski definition) is 1. The Kier molecular flexibility index (Phi) is 7.47. The second-order valence-corrected chi connectivity index (χ2v) is 9.13. The van der Waals surface area contributed by atoms with Crippen LogP contribution in [0.1, 0.15) is 41.4 Å². The van der Waals surface area contributed by atoms with Crippen LogP contribution in [0.25, 0.3) is 0 Å². The molecule has 0 aromatic heterocycles. The lowest BCUT2D eigenvalue weighted by atomic mass is 10.1. The van der Waals surface area contributed by atoms with Gasteiger partial charge in [-0.3, -0.25) is 4.79 Å². The number of sulfonamides is 1. The molecule has 1 aliphatic rings. The van der Waals surface area contributed by atoms with Crippen LogP contribution in [-0.4, -0.2) is 51.5 Å². The first-order valence-electron chi connectivity index (χ1n) is 10.1. The first-order valence-corrected chi connectivity index (χ1v) is 11.7. The maximum atomic E-state index is 12.6. The molecule has 1 N–H and O–H groups in total. The molecule has 7 nitrogen and oxygen atoms in total. The number of ether oxygens (including phenoxy) is 2. The molecule has 2 aromatic carbocycles. The van der Waals surface area contributed by atoms with Crippen LogP contribution in [0.4, 0.5) is 0 Å². The Labute approximate surface area is 178 Å². The summed E-state index contributed by atoms with van der Waals surface area (Å²) in [4.78, 5) is 12.6. The highest BCUT2D eigenvalue weighted by molar-refractivity contribution is 7.88. The minimum Gasteiger partial charge on any atom is -0.494 e. The third-order valence-corrected chi connectivity index (χ3v) is 6.82. The zero-order chi connectivity index (χ0) is 21.6. The van der Waals surface area contributed by atoms with Crippen LogP contribution in [-0.2, 0) is 20.5 Å². The molecule has 1 heterocycles. The van der Waals surface area contributed by atoms with Crippen molar-refractivity contribution in [3.8, 4) is 5.75 Å². The van der Waals surface area contributed by atoms with Crippen molar-refractivity contribution in [2.75, 3.05) is 32.9 Å². The molecule has 0 aliphatic carbocycles. The minimum absolute atomic E-state index is 0.0858. The Morgan fingerprint density at radius 3 is 2.33 bits per heavy atom. The number of nitrogens with one attached hydrogen (secondary N) is 1. The summed E-state index contributed by atoms with van der Waals surface area (Å²) in [6.07, 6.45) is 0. The second kappa shape index (κ2) is 10.1. The number of carbonyl (C=O) groups excluding carboxylic acids is 1. The number of rotatable bonds is 8. The van der Waals surface area contributed by atoms with Crippen LogP contribution >= 0.6 is 0 Å². The Bertz CT molecular complexity index is 936. The van der Waals surface area contributed by atoms with Crippen molar-refractivity contribution >= 4 is 15.9 Å². The van der Waals surface area contributed by atoms with E-state index >= 15 is 0 Å². The summed E-state index contributed by atoms with van der Waals surface area (Å²) in [6, 6.07) is 14.1. The summed E-state index contributed by atoms with van der Waals surface area (Å²) in [6.45, 7) is 6.06. The molecular formula is C22H28N2O5S. The molecule has 0 unspecified atom stereocenters. The molecule has 1 aliphatic heterocycles. The quantitative estimate of drug-likeness (QED) is 0.693. The van der Waals surface area contributed by atoms with Gasteiger partial charge in [0.25, 0.3) is 5.91 Å².